The molecule has 1 heterocycles. The van der Waals surface area contributed by atoms with Crippen LogP contribution in [0.2, 0.25) is 0 Å². The zero-order valence-electron chi connectivity index (χ0n) is 7.09. The molecule has 0 spiro atoms. The molecule has 2 atom stereocenters. The van der Waals surface area contributed by atoms with Crippen LogP contribution in [-0.4, -0.2) is 23.9 Å². The van der Waals surface area contributed by atoms with Gasteiger partial charge < -0.3 is 10.6 Å². The number of nitrogens with zero attached hydrogens (tertiary/aromatic N) is 1. The van der Waals surface area contributed by atoms with Gasteiger partial charge in [-0.15, -0.1) is 0 Å². The maximum atomic E-state index is 7.24. The molecule has 0 aromatic rings. The Balaban J connectivity index is 2.00. The second-order valence-electron chi connectivity index (χ2n) is 4.32. The first kappa shape index (κ1) is 6.95. The van der Waals surface area contributed by atoms with E-state index in [4.69, 9.17) is 11.1 Å². The van der Waals surface area contributed by atoms with E-state index in [2.05, 4.69) is 13.8 Å². The Kier molecular flexibility index (Phi) is 1.08. The number of likely N-dealkylation sites (tertiary alicyclic amines) is 1. The molecule has 1 saturated heterocycles. The van der Waals surface area contributed by atoms with Gasteiger partial charge in [-0.25, -0.2) is 0 Å². The molecule has 0 aromatic carbocycles. The summed E-state index contributed by atoms with van der Waals surface area (Å²) in [6, 6.07) is 0. The fourth-order valence-corrected chi connectivity index (χ4v) is 2.33. The zero-order chi connectivity index (χ0) is 8.22. The van der Waals surface area contributed by atoms with Crippen LogP contribution < -0.4 is 5.73 Å². The van der Waals surface area contributed by atoms with E-state index in [0.29, 0.717) is 5.41 Å². The van der Waals surface area contributed by atoms with Crippen molar-refractivity contribution in [1.29, 1.82) is 5.41 Å². The summed E-state index contributed by atoms with van der Waals surface area (Å²) in [5.41, 5.74) is 5.91. The topological polar surface area (TPSA) is 53.1 Å². The van der Waals surface area contributed by atoms with Crippen LogP contribution in [0.25, 0.3) is 0 Å². The third kappa shape index (κ3) is 0.767. The van der Waals surface area contributed by atoms with Gasteiger partial charge in [-0.2, -0.15) is 0 Å². The van der Waals surface area contributed by atoms with Crippen molar-refractivity contribution in [2.45, 2.75) is 13.8 Å². The highest BCUT2D eigenvalue weighted by Gasteiger charge is 2.62. The first-order chi connectivity index (χ1) is 5.03. The molecule has 11 heavy (non-hydrogen) atoms. The quantitative estimate of drug-likeness (QED) is 0.392. The highest BCUT2D eigenvalue weighted by Crippen LogP contribution is 2.61. The highest BCUT2D eigenvalue weighted by molar-refractivity contribution is 5.75. The van der Waals surface area contributed by atoms with Crippen molar-refractivity contribution in [1.82, 2.24) is 4.90 Å². The minimum atomic E-state index is 0.244. The van der Waals surface area contributed by atoms with E-state index in [1.165, 1.54) is 0 Å². The van der Waals surface area contributed by atoms with E-state index in [1.807, 2.05) is 4.90 Å². The van der Waals surface area contributed by atoms with E-state index in [1.54, 1.807) is 0 Å². The van der Waals surface area contributed by atoms with Crippen molar-refractivity contribution in [2.75, 3.05) is 13.1 Å². The first-order valence-electron chi connectivity index (χ1n) is 4.12. The van der Waals surface area contributed by atoms with Crippen molar-refractivity contribution in [3.8, 4) is 0 Å². The Hall–Kier alpha value is -0.730. The minimum absolute atomic E-state index is 0.244. The number of guanidine groups is 1. The molecular formula is C8H15N3. The standard InChI is InChI=1S/C8H15N3/c1-8(2)5-3-11(7(9)10)4-6(5)8/h5-6H,3-4H2,1-2H3,(H3,9,10). The van der Waals surface area contributed by atoms with Crippen LogP contribution >= 0.6 is 0 Å². The fraction of sp³-hybridized carbons (Fsp3) is 0.875. The van der Waals surface area contributed by atoms with E-state index in [0.717, 1.165) is 24.9 Å². The van der Waals surface area contributed by atoms with Crippen LogP contribution in [0, 0.1) is 22.7 Å². The summed E-state index contributed by atoms with van der Waals surface area (Å²) in [4.78, 5) is 1.97. The van der Waals surface area contributed by atoms with Gasteiger partial charge in [-0.3, -0.25) is 5.41 Å². The molecule has 1 saturated carbocycles. The molecule has 1 aliphatic carbocycles. The average Bonchev–Trinajstić information content (AvgIpc) is 2.28. The number of fused-ring (bicyclic) bond motifs is 1. The molecule has 0 aromatic heterocycles. The molecule has 3 heteroatoms. The third-order valence-electron chi connectivity index (χ3n) is 3.46. The fourth-order valence-electron chi connectivity index (χ4n) is 2.33. The van der Waals surface area contributed by atoms with Crippen molar-refractivity contribution in [3.63, 3.8) is 0 Å². The third-order valence-corrected chi connectivity index (χ3v) is 3.46. The van der Waals surface area contributed by atoms with Crippen molar-refractivity contribution in [2.24, 2.45) is 23.0 Å². The molecule has 3 N–H and O–H groups in total. The van der Waals surface area contributed by atoms with E-state index >= 15 is 0 Å². The normalized spacial score (nSPS) is 38.5. The molecular weight excluding hydrogens is 138 g/mol. The van der Waals surface area contributed by atoms with Gasteiger partial charge >= 0.3 is 0 Å². The lowest BCUT2D eigenvalue weighted by Crippen LogP contribution is -2.37. The summed E-state index contributed by atoms with van der Waals surface area (Å²) >= 11 is 0. The van der Waals surface area contributed by atoms with Crippen LogP contribution in [0.1, 0.15) is 13.8 Å². The minimum Gasteiger partial charge on any atom is -0.370 e. The summed E-state index contributed by atoms with van der Waals surface area (Å²) in [5.74, 6) is 1.84. The Morgan fingerprint density at radius 1 is 1.45 bits per heavy atom. The SMILES string of the molecule is CC1(C)C2CN(C(=N)N)CC21. The highest BCUT2D eigenvalue weighted by atomic mass is 15.3. The second kappa shape index (κ2) is 1.71. The Morgan fingerprint density at radius 2 is 1.91 bits per heavy atom. The number of piperidine rings is 1. The van der Waals surface area contributed by atoms with Gasteiger partial charge in [-0.1, -0.05) is 13.8 Å². The summed E-state index contributed by atoms with van der Waals surface area (Å²) in [6.45, 7) is 6.62. The molecule has 3 nitrogen and oxygen atoms in total. The average molecular weight is 153 g/mol. The van der Waals surface area contributed by atoms with Crippen LogP contribution in [0.5, 0.6) is 0 Å². The maximum Gasteiger partial charge on any atom is 0.188 e. The molecule has 0 bridgehead atoms. The number of hydrogen-bond acceptors (Lipinski definition) is 1. The van der Waals surface area contributed by atoms with Crippen LogP contribution in [0.3, 0.4) is 0 Å². The number of hydrogen-bond donors (Lipinski definition) is 2. The van der Waals surface area contributed by atoms with Gasteiger partial charge in [-0.05, 0) is 17.3 Å². The van der Waals surface area contributed by atoms with Gasteiger partial charge in [0.25, 0.3) is 0 Å². The van der Waals surface area contributed by atoms with Crippen molar-refractivity contribution < 1.29 is 0 Å². The molecule has 0 radical (unpaired) electrons. The van der Waals surface area contributed by atoms with Crippen LogP contribution in [0.4, 0.5) is 0 Å². The lowest BCUT2D eigenvalue weighted by Gasteiger charge is -2.21. The van der Waals surface area contributed by atoms with Gasteiger partial charge in [0.2, 0.25) is 0 Å². The molecule has 2 aliphatic rings. The lowest BCUT2D eigenvalue weighted by molar-refractivity contribution is 0.358. The molecule has 62 valence electrons. The first-order valence-corrected chi connectivity index (χ1v) is 4.12. The summed E-state index contributed by atoms with van der Waals surface area (Å²) in [7, 11) is 0. The zero-order valence-corrected chi connectivity index (χ0v) is 7.09. The summed E-state index contributed by atoms with van der Waals surface area (Å²) < 4.78 is 0. The Morgan fingerprint density at radius 3 is 2.27 bits per heavy atom. The van der Waals surface area contributed by atoms with Gasteiger partial charge in [0, 0.05) is 13.1 Å². The number of rotatable bonds is 0. The number of nitrogens with one attached hydrogen (secondary N) is 1. The van der Waals surface area contributed by atoms with Crippen molar-refractivity contribution in [3.05, 3.63) is 0 Å². The van der Waals surface area contributed by atoms with E-state index < -0.39 is 0 Å². The lowest BCUT2D eigenvalue weighted by atomic mass is 10.1. The van der Waals surface area contributed by atoms with Crippen LogP contribution in [0.15, 0.2) is 0 Å². The predicted molar refractivity (Wildman–Crippen MR) is 44.2 cm³/mol. The smallest absolute Gasteiger partial charge is 0.188 e. The second-order valence-corrected chi connectivity index (χ2v) is 4.32. The summed E-state index contributed by atoms with van der Waals surface area (Å²) in [5, 5.41) is 7.24. The monoisotopic (exact) mass is 153 g/mol. The van der Waals surface area contributed by atoms with Crippen LogP contribution in [-0.2, 0) is 0 Å². The van der Waals surface area contributed by atoms with E-state index in [9.17, 15) is 0 Å². The predicted octanol–water partition coefficient (Wildman–Crippen LogP) is 0.468. The molecule has 0 amide bonds. The Bertz CT molecular complexity index is 195. The van der Waals surface area contributed by atoms with Crippen molar-refractivity contribution >= 4 is 5.96 Å². The largest absolute Gasteiger partial charge is 0.370 e. The van der Waals surface area contributed by atoms with Gasteiger partial charge in [0.1, 0.15) is 0 Å². The number of nitrogens with two attached hydrogens (primary N) is 1. The van der Waals surface area contributed by atoms with Gasteiger partial charge in [0.15, 0.2) is 5.96 Å². The molecule has 1 aliphatic heterocycles. The molecule has 2 rings (SSSR count). The Labute approximate surface area is 67.1 Å². The summed E-state index contributed by atoms with van der Waals surface area (Å²) in [6.07, 6.45) is 0. The van der Waals surface area contributed by atoms with Gasteiger partial charge in [0.05, 0.1) is 0 Å². The van der Waals surface area contributed by atoms with E-state index in [-0.39, 0.29) is 5.96 Å². The molecule has 2 unspecified atom stereocenters. The maximum absolute atomic E-state index is 7.24. The molecule has 2 fully saturated rings.